The van der Waals surface area contributed by atoms with Crippen molar-refractivity contribution in [3.05, 3.63) is 71.9 Å². The highest BCUT2D eigenvalue weighted by molar-refractivity contribution is 5.75. The number of aromatic nitrogens is 3. The van der Waals surface area contributed by atoms with Gasteiger partial charge in [0.15, 0.2) is 0 Å². The van der Waals surface area contributed by atoms with E-state index in [0.717, 1.165) is 5.69 Å². The summed E-state index contributed by atoms with van der Waals surface area (Å²) in [6.45, 7) is 3.94. The Bertz CT molecular complexity index is 1140. The summed E-state index contributed by atoms with van der Waals surface area (Å²) in [5, 5.41) is 32.1. The third-order valence-electron chi connectivity index (χ3n) is 4.98. The SMILES string of the molecule is CC(C)c1nc(Nc2ccncc2)nc(-c2ccc(F)cc2)c1C=C[C@@H](O)C[C@@H](O)CC(=O)O. The number of hydrogen-bond acceptors (Lipinski definition) is 7. The molecule has 178 valence electrons. The number of aliphatic carboxylic acids is 1. The Hall–Kier alpha value is -3.69. The summed E-state index contributed by atoms with van der Waals surface area (Å²) in [4.78, 5) is 24.1. The number of aliphatic hydroxyl groups is 2. The van der Waals surface area contributed by atoms with E-state index in [1.165, 1.54) is 18.2 Å². The van der Waals surface area contributed by atoms with Gasteiger partial charge in [0.25, 0.3) is 0 Å². The maximum absolute atomic E-state index is 13.6. The number of benzene rings is 1. The molecule has 0 aliphatic rings. The molecule has 2 atom stereocenters. The zero-order valence-electron chi connectivity index (χ0n) is 18.9. The molecule has 2 heterocycles. The summed E-state index contributed by atoms with van der Waals surface area (Å²) in [6.07, 6.45) is 3.57. The first-order chi connectivity index (χ1) is 16.2. The average Bonchev–Trinajstić information content (AvgIpc) is 2.78. The Morgan fingerprint density at radius 3 is 2.38 bits per heavy atom. The van der Waals surface area contributed by atoms with Crippen LogP contribution in [0.5, 0.6) is 0 Å². The van der Waals surface area contributed by atoms with Crippen molar-refractivity contribution < 1.29 is 24.5 Å². The summed E-state index contributed by atoms with van der Waals surface area (Å²) in [6, 6.07) is 9.47. The van der Waals surface area contributed by atoms with Gasteiger partial charge in [0, 0.05) is 35.6 Å². The van der Waals surface area contributed by atoms with Crippen LogP contribution in [0.4, 0.5) is 16.0 Å². The van der Waals surface area contributed by atoms with Crippen molar-refractivity contribution in [2.75, 3.05) is 5.32 Å². The van der Waals surface area contributed by atoms with Crippen molar-refractivity contribution in [3.63, 3.8) is 0 Å². The molecule has 0 radical (unpaired) electrons. The van der Waals surface area contributed by atoms with Crippen LogP contribution in [0.25, 0.3) is 17.3 Å². The van der Waals surface area contributed by atoms with Gasteiger partial charge in [0.1, 0.15) is 5.82 Å². The quantitative estimate of drug-likeness (QED) is 0.351. The van der Waals surface area contributed by atoms with Gasteiger partial charge in [-0.2, -0.15) is 0 Å². The zero-order chi connectivity index (χ0) is 24.7. The molecule has 0 spiro atoms. The van der Waals surface area contributed by atoms with Gasteiger partial charge in [-0.15, -0.1) is 0 Å². The summed E-state index contributed by atoms with van der Waals surface area (Å²) in [7, 11) is 0. The zero-order valence-corrected chi connectivity index (χ0v) is 18.9. The lowest BCUT2D eigenvalue weighted by Gasteiger charge is -2.17. The standard InChI is InChI=1S/C25H27FN4O4/c1-15(2)23-21(8-7-19(31)13-20(32)14-22(33)34)24(16-3-5-17(26)6-4-16)30-25(29-23)28-18-9-11-27-12-10-18/h3-12,15,19-20,31-32H,13-14H2,1-2H3,(H,33,34)(H,27,28,29,30)/t19-,20-/m1/s1. The van der Waals surface area contributed by atoms with Gasteiger partial charge in [0.05, 0.1) is 30.0 Å². The van der Waals surface area contributed by atoms with E-state index in [2.05, 4.69) is 20.3 Å². The number of halogens is 1. The first kappa shape index (κ1) is 24.9. The van der Waals surface area contributed by atoms with E-state index in [4.69, 9.17) is 5.11 Å². The summed E-state index contributed by atoms with van der Waals surface area (Å²) < 4.78 is 13.6. The van der Waals surface area contributed by atoms with Crippen LogP contribution in [0.15, 0.2) is 54.9 Å². The van der Waals surface area contributed by atoms with Gasteiger partial charge in [0.2, 0.25) is 5.95 Å². The van der Waals surface area contributed by atoms with E-state index >= 15 is 0 Å². The van der Waals surface area contributed by atoms with Crippen LogP contribution in [0.3, 0.4) is 0 Å². The monoisotopic (exact) mass is 466 g/mol. The lowest BCUT2D eigenvalue weighted by atomic mass is 9.97. The minimum Gasteiger partial charge on any atom is -0.481 e. The molecule has 34 heavy (non-hydrogen) atoms. The average molecular weight is 467 g/mol. The fourth-order valence-corrected chi connectivity index (χ4v) is 3.39. The van der Waals surface area contributed by atoms with Crippen molar-refractivity contribution in [2.45, 2.75) is 44.8 Å². The van der Waals surface area contributed by atoms with Crippen LogP contribution in [0.1, 0.15) is 43.9 Å². The van der Waals surface area contributed by atoms with E-state index < -0.39 is 24.6 Å². The van der Waals surface area contributed by atoms with Crippen LogP contribution in [-0.2, 0) is 4.79 Å². The Balaban J connectivity index is 2.03. The third kappa shape index (κ3) is 6.90. The normalized spacial score (nSPS) is 13.2. The lowest BCUT2D eigenvalue weighted by Crippen LogP contribution is -2.19. The molecule has 4 N–H and O–H groups in total. The Kier molecular flexibility index (Phi) is 8.39. The predicted molar refractivity (Wildman–Crippen MR) is 127 cm³/mol. The summed E-state index contributed by atoms with van der Waals surface area (Å²) in [5.41, 5.74) is 3.27. The fourth-order valence-electron chi connectivity index (χ4n) is 3.39. The van der Waals surface area contributed by atoms with Gasteiger partial charge in [-0.05, 0) is 42.3 Å². The molecule has 3 aromatic rings. The van der Waals surface area contributed by atoms with Crippen LogP contribution >= 0.6 is 0 Å². The topological polar surface area (TPSA) is 128 Å². The van der Waals surface area contributed by atoms with Crippen molar-refractivity contribution in [1.29, 1.82) is 0 Å². The molecule has 0 unspecified atom stereocenters. The van der Waals surface area contributed by atoms with Crippen LogP contribution < -0.4 is 5.32 Å². The highest BCUT2D eigenvalue weighted by atomic mass is 19.1. The lowest BCUT2D eigenvalue weighted by molar-refractivity contribution is -0.139. The second-order valence-electron chi connectivity index (χ2n) is 8.13. The first-order valence-corrected chi connectivity index (χ1v) is 10.8. The molecule has 1 aromatic carbocycles. The number of rotatable bonds is 10. The molecule has 0 amide bonds. The molecule has 0 bridgehead atoms. The fraction of sp³-hybridized carbons (Fsp3) is 0.280. The molecule has 0 aliphatic carbocycles. The second-order valence-corrected chi connectivity index (χ2v) is 8.13. The number of carboxylic acid groups (broad SMARTS) is 1. The largest absolute Gasteiger partial charge is 0.481 e. The summed E-state index contributed by atoms with van der Waals surface area (Å²) >= 11 is 0. The number of aliphatic hydroxyl groups excluding tert-OH is 2. The Morgan fingerprint density at radius 2 is 1.76 bits per heavy atom. The molecule has 0 fully saturated rings. The number of hydrogen-bond donors (Lipinski definition) is 4. The van der Waals surface area contributed by atoms with E-state index in [1.54, 1.807) is 42.7 Å². The Morgan fingerprint density at radius 1 is 1.09 bits per heavy atom. The molecular formula is C25H27FN4O4. The maximum Gasteiger partial charge on any atom is 0.305 e. The number of nitrogens with zero attached hydrogens (tertiary/aromatic N) is 3. The number of carbonyl (C=O) groups is 1. The summed E-state index contributed by atoms with van der Waals surface area (Å²) in [5.74, 6) is -1.19. The van der Waals surface area contributed by atoms with Gasteiger partial charge in [-0.1, -0.05) is 26.0 Å². The number of anilines is 2. The Labute approximate surface area is 196 Å². The van der Waals surface area contributed by atoms with E-state index in [-0.39, 0.29) is 18.2 Å². The van der Waals surface area contributed by atoms with Gasteiger partial charge in [-0.3, -0.25) is 9.78 Å². The van der Waals surface area contributed by atoms with Crippen molar-refractivity contribution in [3.8, 4) is 11.3 Å². The highest BCUT2D eigenvalue weighted by Gasteiger charge is 2.18. The number of carboxylic acids is 1. The highest BCUT2D eigenvalue weighted by Crippen LogP contribution is 2.31. The van der Waals surface area contributed by atoms with Crippen LogP contribution in [-0.4, -0.2) is 48.4 Å². The minimum atomic E-state index is -1.18. The third-order valence-corrected chi connectivity index (χ3v) is 4.98. The smallest absolute Gasteiger partial charge is 0.305 e. The molecule has 0 saturated carbocycles. The molecular weight excluding hydrogens is 439 g/mol. The molecule has 8 nitrogen and oxygen atoms in total. The maximum atomic E-state index is 13.6. The van der Waals surface area contributed by atoms with Crippen molar-refractivity contribution in [1.82, 2.24) is 15.0 Å². The van der Waals surface area contributed by atoms with Gasteiger partial charge in [-0.25, -0.2) is 14.4 Å². The van der Waals surface area contributed by atoms with E-state index in [9.17, 15) is 19.4 Å². The van der Waals surface area contributed by atoms with Gasteiger partial charge >= 0.3 is 5.97 Å². The van der Waals surface area contributed by atoms with Gasteiger partial charge < -0.3 is 20.6 Å². The molecule has 0 saturated heterocycles. The van der Waals surface area contributed by atoms with E-state index in [0.29, 0.717) is 28.5 Å². The van der Waals surface area contributed by atoms with E-state index in [1.807, 2.05) is 13.8 Å². The molecule has 0 aliphatic heterocycles. The number of pyridine rings is 1. The molecule has 3 rings (SSSR count). The minimum absolute atomic E-state index is 0.0189. The molecule has 2 aromatic heterocycles. The number of nitrogens with one attached hydrogen (secondary N) is 1. The second kappa shape index (κ2) is 11.4. The van der Waals surface area contributed by atoms with Crippen LogP contribution in [0.2, 0.25) is 0 Å². The molecule has 9 heteroatoms. The van der Waals surface area contributed by atoms with Crippen molar-refractivity contribution in [2.24, 2.45) is 0 Å². The van der Waals surface area contributed by atoms with Crippen molar-refractivity contribution >= 4 is 23.7 Å². The van der Waals surface area contributed by atoms with Crippen LogP contribution in [0, 0.1) is 5.82 Å². The predicted octanol–water partition coefficient (Wildman–Crippen LogP) is 4.14. The first-order valence-electron chi connectivity index (χ1n) is 10.8.